The van der Waals surface area contributed by atoms with Gasteiger partial charge in [0, 0.05) is 5.39 Å². The normalized spacial score (nSPS) is 32.1. The second kappa shape index (κ2) is 6.20. The van der Waals surface area contributed by atoms with Crippen molar-refractivity contribution in [3.05, 3.63) is 42.5 Å². The van der Waals surface area contributed by atoms with Gasteiger partial charge in [0.15, 0.2) is 12.4 Å². The first-order chi connectivity index (χ1) is 10.6. The van der Waals surface area contributed by atoms with Crippen LogP contribution in [0.2, 0.25) is 0 Å². The van der Waals surface area contributed by atoms with E-state index in [1.165, 1.54) is 0 Å². The number of rotatable bonds is 3. The lowest BCUT2D eigenvalue weighted by Crippen LogP contribution is -2.60. The number of hydrogen-bond acceptors (Lipinski definition) is 6. The minimum Gasteiger partial charge on any atom is -0.482 e. The van der Waals surface area contributed by atoms with Crippen molar-refractivity contribution >= 4 is 10.8 Å². The van der Waals surface area contributed by atoms with Gasteiger partial charge in [-0.3, -0.25) is 0 Å². The first-order valence-electron chi connectivity index (χ1n) is 7.07. The van der Waals surface area contributed by atoms with E-state index in [4.69, 9.17) is 14.6 Å². The van der Waals surface area contributed by atoms with Crippen molar-refractivity contribution in [3.8, 4) is 5.75 Å². The third-order valence-corrected chi connectivity index (χ3v) is 3.86. The molecular formula is C16H18O6. The Bertz CT molecular complexity index is 640. The molecule has 2 aromatic carbocycles. The third kappa shape index (κ3) is 2.67. The topological polar surface area (TPSA) is 99.4 Å². The smallest absolute Gasteiger partial charge is 0.195 e. The Kier molecular flexibility index (Phi) is 4.28. The lowest BCUT2D eigenvalue weighted by molar-refractivity contribution is -0.280. The molecule has 0 unspecified atom stereocenters. The van der Waals surface area contributed by atoms with Crippen molar-refractivity contribution in [2.45, 2.75) is 30.7 Å². The molecule has 0 saturated carbocycles. The van der Waals surface area contributed by atoms with Crippen LogP contribution in [0, 0.1) is 0 Å². The number of fused-ring (bicyclic) bond motifs is 1. The lowest BCUT2D eigenvalue weighted by atomic mass is 9.99. The zero-order valence-corrected chi connectivity index (χ0v) is 11.7. The summed E-state index contributed by atoms with van der Waals surface area (Å²) in [6, 6.07) is 13.0. The van der Waals surface area contributed by atoms with Gasteiger partial charge >= 0.3 is 0 Å². The lowest BCUT2D eigenvalue weighted by Gasteiger charge is -2.39. The van der Waals surface area contributed by atoms with Crippen LogP contribution >= 0.6 is 0 Å². The predicted molar refractivity (Wildman–Crippen MR) is 78.3 cm³/mol. The number of aliphatic hydroxyl groups excluding tert-OH is 4. The molecule has 22 heavy (non-hydrogen) atoms. The summed E-state index contributed by atoms with van der Waals surface area (Å²) in [5.41, 5.74) is 0. The van der Waals surface area contributed by atoms with Gasteiger partial charge in [-0.15, -0.1) is 0 Å². The molecule has 1 aliphatic heterocycles. The molecule has 3 rings (SSSR count). The second-order valence-corrected chi connectivity index (χ2v) is 5.29. The quantitative estimate of drug-likeness (QED) is 0.638. The maximum absolute atomic E-state index is 10.1. The third-order valence-electron chi connectivity index (χ3n) is 3.86. The number of aliphatic hydroxyl groups is 4. The Morgan fingerprint density at radius 3 is 2.45 bits per heavy atom. The van der Waals surface area contributed by atoms with Crippen molar-refractivity contribution in [3.63, 3.8) is 0 Å². The van der Waals surface area contributed by atoms with E-state index < -0.39 is 37.3 Å². The van der Waals surface area contributed by atoms with Crippen molar-refractivity contribution in [1.82, 2.24) is 0 Å². The van der Waals surface area contributed by atoms with E-state index in [-0.39, 0.29) is 0 Å². The molecule has 2 aromatic rings. The van der Waals surface area contributed by atoms with Gasteiger partial charge < -0.3 is 29.9 Å². The highest BCUT2D eigenvalue weighted by Gasteiger charge is 2.45. The average Bonchev–Trinajstić information content (AvgIpc) is 2.55. The van der Waals surface area contributed by atoms with E-state index >= 15 is 0 Å². The molecule has 6 nitrogen and oxygen atoms in total. The van der Waals surface area contributed by atoms with Gasteiger partial charge in [0.05, 0.1) is 6.61 Å². The van der Waals surface area contributed by atoms with Gasteiger partial charge in [-0.1, -0.05) is 36.4 Å². The summed E-state index contributed by atoms with van der Waals surface area (Å²) in [4.78, 5) is 0. The number of ether oxygens (including phenoxy) is 2. The second-order valence-electron chi connectivity index (χ2n) is 5.29. The maximum atomic E-state index is 10.1. The fourth-order valence-electron chi connectivity index (χ4n) is 2.64. The van der Waals surface area contributed by atoms with Crippen molar-refractivity contribution in [2.75, 3.05) is 6.61 Å². The fourth-order valence-corrected chi connectivity index (χ4v) is 2.64. The van der Waals surface area contributed by atoms with E-state index in [2.05, 4.69) is 0 Å². The molecule has 4 N–H and O–H groups in total. The molecule has 1 heterocycles. The van der Waals surface area contributed by atoms with Crippen LogP contribution in [0.1, 0.15) is 0 Å². The number of hydrogen-bond donors (Lipinski definition) is 4. The molecule has 0 amide bonds. The largest absolute Gasteiger partial charge is 0.482 e. The van der Waals surface area contributed by atoms with Crippen LogP contribution in [0.25, 0.3) is 10.8 Å². The van der Waals surface area contributed by atoms with Gasteiger partial charge in [0.25, 0.3) is 0 Å². The Morgan fingerprint density at radius 2 is 1.68 bits per heavy atom. The molecule has 0 bridgehead atoms. The van der Waals surface area contributed by atoms with Crippen LogP contribution in [0.15, 0.2) is 42.5 Å². The summed E-state index contributed by atoms with van der Waals surface area (Å²) < 4.78 is 10.8. The molecule has 6 heteroatoms. The Morgan fingerprint density at radius 1 is 0.955 bits per heavy atom. The van der Waals surface area contributed by atoms with Gasteiger partial charge in [0.2, 0.25) is 0 Å². The summed E-state index contributed by atoms with van der Waals surface area (Å²) in [6.07, 6.45) is -6.36. The molecule has 1 saturated heterocycles. The minimum atomic E-state index is -1.45. The number of benzene rings is 2. The molecular weight excluding hydrogens is 288 g/mol. The van der Waals surface area contributed by atoms with Crippen LogP contribution in [0.4, 0.5) is 0 Å². The summed E-state index contributed by atoms with van der Waals surface area (Å²) in [5.74, 6) is 0.472. The van der Waals surface area contributed by atoms with E-state index in [0.29, 0.717) is 5.75 Å². The Hall–Kier alpha value is -1.70. The van der Waals surface area contributed by atoms with Crippen LogP contribution in [0.5, 0.6) is 5.75 Å². The van der Waals surface area contributed by atoms with Crippen LogP contribution in [-0.4, -0.2) is 57.7 Å². The Labute approximate surface area is 127 Å². The van der Waals surface area contributed by atoms with Crippen LogP contribution < -0.4 is 4.74 Å². The van der Waals surface area contributed by atoms with Crippen molar-refractivity contribution < 1.29 is 29.9 Å². The first kappa shape index (κ1) is 15.2. The molecule has 0 aliphatic carbocycles. The zero-order chi connectivity index (χ0) is 15.7. The zero-order valence-electron chi connectivity index (χ0n) is 11.7. The van der Waals surface area contributed by atoms with Crippen LogP contribution in [-0.2, 0) is 4.74 Å². The van der Waals surface area contributed by atoms with Crippen LogP contribution in [0.3, 0.4) is 0 Å². The van der Waals surface area contributed by atoms with E-state index in [1.807, 2.05) is 30.3 Å². The van der Waals surface area contributed by atoms with E-state index in [1.54, 1.807) is 12.1 Å². The highest BCUT2D eigenvalue weighted by atomic mass is 16.7. The maximum Gasteiger partial charge on any atom is 0.195 e. The molecule has 0 aromatic heterocycles. The summed E-state index contributed by atoms with van der Waals surface area (Å²) in [7, 11) is 0. The fraction of sp³-hybridized carbons (Fsp3) is 0.375. The molecule has 118 valence electrons. The highest BCUT2D eigenvalue weighted by molar-refractivity contribution is 5.88. The van der Waals surface area contributed by atoms with Gasteiger partial charge in [-0.25, -0.2) is 0 Å². The average molecular weight is 306 g/mol. The molecule has 1 aliphatic rings. The molecule has 0 spiro atoms. The van der Waals surface area contributed by atoms with E-state index in [0.717, 1.165) is 10.8 Å². The van der Waals surface area contributed by atoms with Gasteiger partial charge in [0.1, 0.15) is 24.1 Å². The predicted octanol–water partition coefficient (Wildman–Crippen LogP) is 0.0185. The molecule has 0 radical (unpaired) electrons. The summed E-state index contributed by atoms with van der Waals surface area (Å²) >= 11 is 0. The van der Waals surface area contributed by atoms with Crippen molar-refractivity contribution in [1.29, 1.82) is 0 Å². The monoisotopic (exact) mass is 306 g/mol. The summed E-state index contributed by atoms with van der Waals surface area (Å²) in [5, 5.41) is 40.8. The van der Waals surface area contributed by atoms with Gasteiger partial charge in [-0.05, 0) is 11.5 Å². The molecule has 5 atom stereocenters. The highest BCUT2D eigenvalue weighted by Crippen LogP contribution is 2.29. The SMILES string of the molecule is OC[C@H]1O[C@@H](O)[C@H](Oc2cccc3ccccc23)[C@@H](O)[C@@H]1O. The minimum absolute atomic E-state index is 0.472. The summed E-state index contributed by atoms with van der Waals surface area (Å²) in [6.45, 7) is -0.504. The van der Waals surface area contributed by atoms with Crippen molar-refractivity contribution in [2.24, 2.45) is 0 Å². The first-order valence-corrected chi connectivity index (χ1v) is 7.07. The molecule has 1 fully saturated rings. The standard InChI is InChI=1S/C16H18O6/c17-8-12-13(18)14(19)15(16(20)22-12)21-11-7-3-5-9-4-1-2-6-10(9)11/h1-7,12-20H,8H2/t12-,13-,14+,15-,16-/m1/s1. The van der Waals surface area contributed by atoms with E-state index in [9.17, 15) is 15.3 Å². The van der Waals surface area contributed by atoms with Gasteiger partial charge in [-0.2, -0.15) is 0 Å². The Balaban J connectivity index is 1.88.